The first-order chi connectivity index (χ1) is 16.9. The predicted octanol–water partition coefficient (Wildman–Crippen LogP) is 7.32. The molecule has 2 saturated carbocycles. The van der Waals surface area contributed by atoms with Gasteiger partial charge in [0.05, 0.1) is 11.4 Å². The number of H-pyrrole nitrogens is 1. The highest BCUT2D eigenvalue weighted by Crippen LogP contribution is 2.53. The number of anilines is 2. The van der Waals surface area contributed by atoms with Gasteiger partial charge in [-0.05, 0) is 73.6 Å². The van der Waals surface area contributed by atoms with E-state index < -0.39 is 0 Å². The molecule has 1 aliphatic heterocycles. The Morgan fingerprint density at radius 2 is 2.11 bits per heavy atom. The maximum atomic E-state index is 14.6. The van der Waals surface area contributed by atoms with Crippen LogP contribution in [0.4, 0.5) is 15.8 Å². The smallest absolute Gasteiger partial charge is 0.128 e. The molecule has 3 heterocycles. The summed E-state index contributed by atoms with van der Waals surface area (Å²) in [6, 6.07) is 7.87. The lowest BCUT2D eigenvalue weighted by molar-refractivity contribution is 0.0650. The second-order valence-electron chi connectivity index (χ2n) is 11.3. The molecule has 0 bridgehead atoms. The van der Waals surface area contributed by atoms with Gasteiger partial charge in [-0.25, -0.2) is 4.39 Å². The molecular formula is C30H35FN4. The average Bonchev–Trinajstić information content (AvgIpc) is 3.51. The molecule has 0 amide bonds. The van der Waals surface area contributed by atoms with Crippen molar-refractivity contribution in [2.75, 3.05) is 5.32 Å². The summed E-state index contributed by atoms with van der Waals surface area (Å²) in [6.07, 6.45) is 10.5. The fourth-order valence-electron chi connectivity index (χ4n) is 6.24. The summed E-state index contributed by atoms with van der Waals surface area (Å²) in [6.45, 7) is 11.1. The first-order valence-corrected chi connectivity index (χ1v) is 13.1. The first kappa shape index (κ1) is 22.4. The summed E-state index contributed by atoms with van der Waals surface area (Å²) in [7, 11) is 0. The highest BCUT2D eigenvalue weighted by atomic mass is 19.1. The fourth-order valence-corrected chi connectivity index (χ4v) is 6.24. The second kappa shape index (κ2) is 8.25. The van der Waals surface area contributed by atoms with Gasteiger partial charge in [-0.1, -0.05) is 33.4 Å². The van der Waals surface area contributed by atoms with Crippen LogP contribution in [0.3, 0.4) is 0 Å². The molecule has 2 fully saturated rings. The highest BCUT2D eigenvalue weighted by molar-refractivity contribution is 5.92. The normalized spacial score (nSPS) is 23.7. The number of hydrogen-bond acceptors (Lipinski definition) is 3. The van der Waals surface area contributed by atoms with E-state index in [9.17, 15) is 4.39 Å². The summed E-state index contributed by atoms with van der Waals surface area (Å²) < 4.78 is 14.6. The van der Waals surface area contributed by atoms with E-state index in [-0.39, 0.29) is 5.82 Å². The fraction of sp³-hybridized carbons (Fsp3) is 0.433. The van der Waals surface area contributed by atoms with E-state index in [1.807, 2.05) is 25.4 Å². The highest BCUT2D eigenvalue weighted by Gasteiger charge is 2.46. The van der Waals surface area contributed by atoms with E-state index in [2.05, 4.69) is 47.1 Å². The Morgan fingerprint density at radius 1 is 1.26 bits per heavy atom. The Kier molecular flexibility index (Phi) is 5.28. The van der Waals surface area contributed by atoms with Crippen molar-refractivity contribution in [2.45, 2.75) is 71.3 Å². The second-order valence-corrected chi connectivity index (χ2v) is 11.3. The maximum absolute atomic E-state index is 14.6. The van der Waals surface area contributed by atoms with Crippen LogP contribution in [-0.2, 0) is 12.8 Å². The van der Waals surface area contributed by atoms with Gasteiger partial charge >= 0.3 is 0 Å². The first-order valence-electron chi connectivity index (χ1n) is 13.1. The molecule has 3 atom stereocenters. The molecule has 6 rings (SSSR count). The molecule has 182 valence electrons. The number of hydrogen-bond donors (Lipinski definition) is 3. The van der Waals surface area contributed by atoms with Gasteiger partial charge in [-0.3, -0.25) is 4.98 Å². The van der Waals surface area contributed by atoms with Crippen molar-refractivity contribution < 1.29 is 4.39 Å². The van der Waals surface area contributed by atoms with Crippen LogP contribution >= 0.6 is 0 Å². The summed E-state index contributed by atoms with van der Waals surface area (Å²) in [4.78, 5) is 8.29. The van der Waals surface area contributed by atoms with Crippen LogP contribution in [0.15, 0.2) is 43.2 Å². The predicted molar refractivity (Wildman–Crippen MR) is 141 cm³/mol. The standard InChI is InChI=1S/C30H35FN4/c1-5-20-23(31)7-6-8-24(20)34-29-26-17(2)33-25-15-22(25)27(26)35-28(29)21-12-14-32-16-18(21)9-10-19-11-13-30(19,3)4/h6-8,12,14,16,19,22,25,33-35H,2,5,9-11,13,15H2,1,3-4H3. The van der Waals surface area contributed by atoms with E-state index in [1.54, 1.807) is 6.07 Å². The van der Waals surface area contributed by atoms with Crippen molar-refractivity contribution in [3.63, 3.8) is 0 Å². The molecule has 5 heteroatoms. The number of nitrogens with one attached hydrogen (secondary N) is 3. The molecule has 35 heavy (non-hydrogen) atoms. The number of aromatic amines is 1. The van der Waals surface area contributed by atoms with E-state index in [0.29, 0.717) is 29.4 Å². The number of benzene rings is 1. The van der Waals surface area contributed by atoms with E-state index in [4.69, 9.17) is 0 Å². The summed E-state index contributed by atoms with van der Waals surface area (Å²) >= 11 is 0. The van der Waals surface area contributed by atoms with Crippen molar-refractivity contribution in [3.8, 4) is 11.3 Å². The zero-order chi connectivity index (χ0) is 24.3. The molecule has 1 aromatic carbocycles. The molecule has 0 saturated heterocycles. The monoisotopic (exact) mass is 470 g/mol. The molecule has 3 aromatic rings. The van der Waals surface area contributed by atoms with Gasteiger partial charge in [-0.15, -0.1) is 0 Å². The van der Waals surface area contributed by atoms with Crippen molar-refractivity contribution in [3.05, 3.63) is 71.4 Å². The van der Waals surface area contributed by atoms with Gasteiger partial charge in [0.1, 0.15) is 5.82 Å². The van der Waals surface area contributed by atoms with Crippen LogP contribution in [0.1, 0.15) is 74.8 Å². The quantitative estimate of drug-likeness (QED) is 0.339. The van der Waals surface area contributed by atoms with Gasteiger partial charge < -0.3 is 15.6 Å². The van der Waals surface area contributed by atoms with Gasteiger partial charge in [0.25, 0.3) is 0 Å². The molecule has 0 spiro atoms. The third kappa shape index (κ3) is 3.76. The van der Waals surface area contributed by atoms with Crippen molar-refractivity contribution in [1.29, 1.82) is 0 Å². The average molecular weight is 471 g/mol. The zero-order valence-electron chi connectivity index (χ0n) is 21.0. The third-order valence-corrected chi connectivity index (χ3v) is 8.76. The zero-order valence-corrected chi connectivity index (χ0v) is 21.0. The lowest BCUT2D eigenvalue weighted by Gasteiger charge is -2.45. The topological polar surface area (TPSA) is 52.7 Å². The number of rotatable bonds is 7. The van der Waals surface area contributed by atoms with Gasteiger partial charge in [0, 0.05) is 58.1 Å². The third-order valence-electron chi connectivity index (χ3n) is 8.76. The van der Waals surface area contributed by atoms with Crippen LogP contribution < -0.4 is 10.6 Å². The van der Waals surface area contributed by atoms with E-state index >= 15 is 0 Å². The van der Waals surface area contributed by atoms with Crippen LogP contribution in [0.2, 0.25) is 0 Å². The number of pyridine rings is 1. The van der Waals surface area contributed by atoms with Gasteiger partial charge in [0.15, 0.2) is 0 Å². The van der Waals surface area contributed by atoms with Crippen molar-refractivity contribution in [1.82, 2.24) is 15.3 Å². The maximum Gasteiger partial charge on any atom is 0.128 e. The summed E-state index contributed by atoms with van der Waals surface area (Å²) in [5.74, 6) is 1.07. The van der Waals surface area contributed by atoms with Crippen LogP contribution in [0.25, 0.3) is 17.0 Å². The van der Waals surface area contributed by atoms with Gasteiger partial charge in [0.2, 0.25) is 0 Å². The summed E-state index contributed by atoms with van der Waals surface area (Å²) in [5, 5.41) is 7.22. The Bertz CT molecular complexity index is 1300. The van der Waals surface area contributed by atoms with Crippen LogP contribution in [0.5, 0.6) is 0 Å². The molecule has 4 nitrogen and oxygen atoms in total. The minimum absolute atomic E-state index is 0.171. The number of nitrogens with zero attached hydrogens (tertiary/aromatic N) is 1. The largest absolute Gasteiger partial charge is 0.381 e. The Morgan fingerprint density at radius 3 is 2.86 bits per heavy atom. The minimum Gasteiger partial charge on any atom is -0.381 e. The van der Waals surface area contributed by atoms with Crippen molar-refractivity contribution >= 4 is 17.1 Å². The molecule has 2 aromatic heterocycles. The molecule has 3 aliphatic rings. The lowest BCUT2D eigenvalue weighted by Crippen LogP contribution is -2.34. The lowest BCUT2D eigenvalue weighted by atomic mass is 9.61. The Hall–Kier alpha value is -3.08. The number of aromatic nitrogens is 2. The number of fused-ring (bicyclic) bond motifs is 3. The van der Waals surface area contributed by atoms with Crippen molar-refractivity contribution in [2.24, 2.45) is 11.3 Å². The molecule has 3 unspecified atom stereocenters. The molecule has 2 aliphatic carbocycles. The minimum atomic E-state index is -0.171. The van der Waals surface area contributed by atoms with Crippen LogP contribution in [0, 0.1) is 17.2 Å². The summed E-state index contributed by atoms with van der Waals surface area (Å²) in [5.41, 5.74) is 9.72. The Balaban J connectivity index is 1.43. The van der Waals surface area contributed by atoms with Gasteiger partial charge in [-0.2, -0.15) is 0 Å². The Labute approximate surface area is 207 Å². The number of halogens is 1. The number of aryl methyl sites for hydroxylation is 1. The van der Waals surface area contributed by atoms with E-state index in [0.717, 1.165) is 47.1 Å². The molecule has 3 N–H and O–H groups in total. The molecular weight excluding hydrogens is 435 g/mol. The SMILES string of the molecule is C=C1NC2CC2c2[nH]c(-c3ccncc3CCC3CCC3(C)C)c(Nc3cccc(F)c3CC)c21. The van der Waals surface area contributed by atoms with E-state index in [1.165, 1.54) is 42.1 Å². The molecule has 0 radical (unpaired) electrons. The van der Waals surface area contributed by atoms with Crippen LogP contribution in [-0.4, -0.2) is 16.0 Å².